The molecule has 3 amide bonds. The highest BCUT2D eigenvalue weighted by atomic mass is 32.2. The van der Waals surface area contributed by atoms with Gasteiger partial charge in [-0.3, -0.25) is 23.9 Å². The Bertz CT molecular complexity index is 1270. The first-order chi connectivity index (χ1) is 16.1. The Labute approximate surface area is 193 Å². The summed E-state index contributed by atoms with van der Waals surface area (Å²) in [6.45, 7) is 0.343. The Hall–Kier alpha value is -4.05. The molecule has 0 bridgehead atoms. The summed E-state index contributed by atoms with van der Waals surface area (Å²) in [5.41, 5.74) is 1.89. The number of imidazole rings is 1. The molecule has 2 aromatic carbocycles. The molecule has 2 aliphatic rings. The molecule has 0 saturated carbocycles. The number of hydrogen-bond donors (Lipinski definition) is 1. The van der Waals surface area contributed by atoms with Crippen LogP contribution in [0.5, 0.6) is 11.5 Å². The monoisotopic (exact) mass is 462 g/mol. The van der Waals surface area contributed by atoms with Crippen molar-refractivity contribution < 1.29 is 23.9 Å². The first-order valence-corrected chi connectivity index (χ1v) is 10.9. The van der Waals surface area contributed by atoms with Gasteiger partial charge in [0.1, 0.15) is 5.69 Å². The zero-order valence-corrected chi connectivity index (χ0v) is 18.1. The fourth-order valence-corrected chi connectivity index (χ4v) is 4.34. The molecule has 3 heterocycles. The Balaban J connectivity index is 1.21. The number of benzene rings is 2. The first-order valence-electron chi connectivity index (χ1n) is 10.1. The number of para-hydroxylation sites is 1. The van der Waals surface area contributed by atoms with E-state index in [1.165, 1.54) is 6.20 Å². The number of aromatic nitrogens is 2. The molecule has 0 atom stereocenters. The van der Waals surface area contributed by atoms with Crippen LogP contribution in [0.15, 0.2) is 66.0 Å². The number of carbonyl (C=O) groups excluding carboxylic acids is 3. The highest BCUT2D eigenvalue weighted by molar-refractivity contribution is 8.18. The summed E-state index contributed by atoms with van der Waals surface area (Å²) in [5.74, 6) is 0.496. The minimum absolute atomic E-state index is 0.0638. The molecular formula is C23H18N4O5S. The average molecular weight is 462 g/mol. The van der Waals surface area contributed by atoms with Crippen molar-refractivity contribution in [3.05, 3.63) is 77.2 Å². The third kappa shape index (κ3) is 4.20. The zero-order chi connectivity index (χ0) is 22.8. The Morgan fingerprint density at radius 2 is 1.94 bits per heavy atom. The summed E-state index contributed by atoms with van der Waals surface area (Å²) in [4.78, 5) is 43.2. The van der Waals surface area contributed by atoms with Crippen molar-refractivity contribution in [1.82, 2.24) is 19.8 Å². The molecule has 0 unspecified atom stereocenters. The summed E-state index contributed by atoms with van der Waals surface area (Å²) in [7, 11) is 0. The van der Waals surface area contributed by atoms with Crippen LogP contribution in [0.2, 0.25) is 0 Å². The summed E-state index contributed by atoms with van der Waals surface area (Å²) in [6, 6.07) is 14.7. The lowest BCUT2D eigenvalue weighted by atomic mass is 10.2. The van der Waals surface area contributed by atoms with Crippen LogP contribution >= 0.6 is 11.8 Å². The number of ether oxygens (including phenoxy) is 2. The van der Waals surface area contributed by atoms with Gasteiger partial charge in [0, 0.05) is 18.8 Å². The number of imide groups is 1. The number of fused-ring (bicyclic) bond motifs is 1. The van der Waals surface area contributed by atoms with Crippen LogP contribution in [0.1, 0.15) is 16.1 Å². The van der Waals surface area contributed by atoms with Crippen LogP contribution in [0.4, 0.5) is 4.79 Å². The molecule has 10 heteroatoms. The summed E-state index contributed by atoms with van der Waals surface area (Å²) >= 11 is 0.866. The molecule has 5 rings (SSSR count). The van der Waals surface area contributed by atoms with Crippen LogP contribution in [-0.4, -0.2) is 51.4 Å². The number of rotatable bonds is 6. The molecule has 1 N–H and O–H groups in total. The molecule has 1 aromatic heterocycles. The number of carbonyl (C=O) groups is 3. The summed E-state index contributed by atoms with van der Waals surface area (Å²) in [5, 5.41) is 2.37. The largest absolute Gasteiger partial charge is 0.454 e. The van der Waals surface area contributed by atoms with Gasteiger partial charge >= 0.3 is 0 Å². The minimum Gasteiger partial charge on any atom is -0.454 e. The van der Waals surface area contributed by atoms with E-state index >= 15 is 0 Å². The standard InChI is InChI=1S/C23H18N4O5S/c28-21(17-12-24-13-27(17)16-4-2-1-3-5-16)25-8-9-26-22(29)20(33-23(26)30)11-15-6-7-18-19(10-15)32-14-31-18/h1-7,10-13H,8-9,14H2,(H,25,28)/b20-11-. The van der Waals surface area contributed by atoms with Crippen molar-refractivity contribution in [3.8, 4) is 17.2 Å². The van der Waals surface area contributed by atoms with E-state index in [1.807, 2.05) is 30.3 Å². The molecule has 0 aliphatic carbocycles. The van der Waals surface area contributed by atoms with Gasteiger partial charge in [0.2, 0.25) is 6.79 Å². The topological polar surface area (TPSA) is 103 Å². The molecule has 9 nitrogen and oxygen atoms in total. The van der Waals surface area contributed by atoms with E-state index in [4.69, 9.17) is 9.47 Å². The third-order valence-corrected chi connectivity index (χ3v) is 6.00. The Morgan fingerprint density at radius 3 is 2.79 bits per heavy atom. The maximum Gasteiger partial charge on any atom is 0.293 e. The fraction of sp³-hybridized carbons (Fsp3) is 0.130. The number of hydrogen-bond acceptors (Lipinski definition) is 7. The van der Waals surface area contributed by atoms with E-state index < -0.39 is 5.91 Å². The normalized spacial score (nSPS) is 16.0. The van der Waals surface area contributed by atoms with Gasteiger partial charge in [0.25, 0.3) is 17.1 Å². The van der Waals surface area contributed by atoms with Crippen LogP contribution in [-0.2, 0) is 4.79 Å². The predicted molar refractivity (Wildman–Crippen MR) is 121 cm³/mol. The van der Waals surface area contributed by atoms with Crippen molar-refractivity contribution in [2.45, 2.75) is 0 Å². The number of amides is 3. The zero-order valence-electron chi connectivity index (χ0n) is 17.3. The van der Waals surface area contributed by atoms with Crippen LogP contribution in [0.3, 0.4) is 0 Å². The van der Waals surface area contributed by atoms with Gasteiger partial charge in [0.05, 0.1) is 17.4 Å². The number of thioether (sulfide) groups is 1. The van der Waals surface area contributed by atoms with E-state index in [9.17, 15) is 14.4 Å². The SMILES string of the molecule is O=C(NCCN1C(=O)S/C(=C\c2ccc3c(c2)OCO3)C1=O)c1cncn1-c1ccccc1. The molecule has 2 aliphatic heterocycles. The van der Waals surface area contributed by atoms with E-state index in [1.54, 1.807) is 35.2 Å². The van der Waals surface area contributed by atoms with Crippen LogP contribution in [0.25, 0.3) is 11.8 Å². The molecule has 0 radical (unpaired) electrons. The minimum atomic E-state index is -0.397. The molecule has 3 aromatic rings. The Morgan fingerprint density at radius 1 is 1.12 bits per heavy atom. The van der Waals surface area contributed by atoms with Crippen LogP contribution in [0, 0.1) is 0 Å². The smallest absolute Gasteiger partial charge is 0.293 e. The van der Waals surface area contributed by atoms with Gasteiger partial charge < -0.3 is 14.8 Å². The lowest BCUT2D eigenvalue weighted by molar-refractivity contribution is -0.122. The molecule has 166 valence electrons. The highest BCUT2D eigenvalue weighted by Crippen LogP contribution is 2.36. The van der Waals surface area contributed by atoms with E-state index in [0.29, 0.717) is 22.1 Å². The molecular weight excluding hydrogens is 444 g/mol. The van der Waals surface area contributed by atoms with Crippen LogP contribution < -0.4 is 14.8 Å². The van der Waals surface area contributed by atoms with Crippen molar-refractivity contribution in [2.24, 2.45) is 0 Å². The van der Waals surface area contributed by atoms with Crippen molar-refractivity contribution in [3.63, 3.8) is 0 Å². The third-order valence-electron chi connectivity index (χ3n) is 5.09. The van der Waals surface area contributed by atoms with Gasteiger partial charge in [-0.15, -0.1) is 0 Å². The van der Waals surface area contributed by atoms with Gasteiger partial charge in [-0.1, -0.05) is 24.3 Å². The van der Waals surface area contributed by atoms with Crippen molar-refractivity contribution in [2.75, 3.05) is 19.9 Å². The quantitative estimate of drug-likeness (QED) is 0.562. The maximum atomic E-state index is 12.7. The second kappa shape index (κ2) is 8.83. The lowest BCUT2D eigenvalue weighted by Gasteiger charge is -2.13. The predicted octanol–water partition coefficient (Wildman–Crippen LogP) is 3.07. The molecule has 33 heavy (non-hydrogen) atoms. The molecule has 0 spiro atoms. The van der Waals surface area contributed by atoms with E-state index in [-0.39, 0.29) is 31.0 Å². The first kappa shape index (κ1) is 20.8. The maximum absolute atomic E-state index is 12.7. The van der Waals surface area contributed by atoms with Gasteiger partial charge in [-0.05, 0) is 47.7 Å². The van der Waals surface area contributed by atoms with Gasteiger partial charge in [-0.25, -0.2) is 4.98 Å². The highest BCUT2D eigenvalue weighted by Gasteiger charge is 2.34. The summed E-state index contributed by atoms with van der Waals surface area (Å²) in [6.07, 6.45) is 4.67. The average Bonchev–Trinajstić information content (AvgIpc) is 3.55. The lowest BCUT2D eigenvalue weighted by Crippen LogP contribution is -2.37. The van der Waals surface area contributed by atoms with E-state index in [0.717, 1.165) is 27.9 Å². The van der Waals surface area contributed by atoms with E-state index in [2.05, 4.69) is 10.3 Å². The van der Waals surface area contributed by atoms with Crippen molar-refractivity contribution >= 4 is 34.9 Å². The number of nitrogens with one attached hydrogen (secondary N) is 1. The van der Waals surface area contributed by atoms with Gasteiger partial charge in [-0.2, -0.15) is 0 Å². The van der Waals surface area contributed by atoms with Gasteiger partial charge in [0.15, 0.2) is 11.5 Å². The second-order valence-corrected chi connectivity index (χ2v) is 8.18. The molecule has 1 saturated heterocycles. The summed E-state index contributed by atoms with van der Waals surface area (Å²) < 4.78 is 12.3. The molecule has 1 fully saturated rings. The second-order valence-electron chi connectivity index (χ2n) is 7.19. The fourth-order valence-electron chi connectivity index (χ4n) is 3.48. The number of nitrogens with zero attached hydrogens (tertiary/aromatic N) is 3. The Kier molecular flexibility index (Phi) is 5.57. The van der Waals surface area contributed by atoms with Crippen molar-refractivity contribution in [1.29, 1.82) is 0 Å².